The lowest BCUT2D eigenvalue weighted by Gasteiger charge is -2.54. The molecule has 116 valence electrons. The number of ether oxygens (including phenoxy) is 1. The lowest BCUT2D eigenvalue weighted by molar-refractivity contribution is -0.114. The highest BCUT2D eigenvalue weighted by Crippen LogP contribution is 2.55. The van der Waals surface area contributed by atoms with Crippen LogP contribution < -0.4 is 5.32 Å². The Morgan fingerprint density at radius 1 is 1.24 bits per heavy atom. The van der Waals surface area contributed by atoms with Crippen molar-refractivity contribution < 1.29 is 17.9 Å². The van der Waals surface area contributed by atoms with Gasteiger partial charge in [-0.1, -0.05) is 12.8 Å². The van der Waals surface area contributed by atoms with Crippen molar-refractivity contribution in [1.29, 1.82) is 0 Å². The van der Waals surface area contributed by atoms with E-state index in [9.17, 15) is 13.2 Å². The molecule has 21 heavy (non-hydrogen) atoms. The highest BCUT2D eigenvalue weighted by Gasteiger charge is 2.56. The van der Waals surface area contributed by atoms with Crippen molar-refractivity contribution in [3.05, 3.63) is 29.6 Å². The fourth-order valence-corrected chi connectivity index (χ4v) is 3.94. The second-order valence-electron chi connectivity index (χ2n) is 6.07. The number of anilines is 1. The molecule has 1 aromatic rings. The topological polar surface area (TPSA) is 21.3 Å². The average Bonchev–Trinajstić information content (AvgIpc) is 2.95. The summed E-state index contributed by atoms with van der Waals surface area (Å²) in [5.41, 5.74) is -0.0932. The van der Waals surface area contributed by atoms with Crippen molar-refractivity contribution in [3.8, 4) is 0 Å². The number of hydrogen-bond acceptors (Lipinski definition) is 2. The van der Waals surface area contributed by atoms with Gasteiger partial charge >= 0.3 is 0 Å². The third-order valence-corrected chi connectivity index (χ3v) is 5.01. The Bertz CT molecular complexity index is 528. The molecule has 2 nitrogen and oxygen atoms in total. The standard InChI is InChI=1S/C16H20F3NO/c1-2-21-14-9-13(16(14)5-3-4-6-16)20-12-8-10(17)7-11(18)15(12)19/h7-8,13-14,20H,2-6,9H2,1H3. The summed E-state index contributed by atoms with van der Waals surface area (Å²) in [5.74, 6) is -2.93. The molecule has 2 atom stereocenters. The number of halogens is 3. The Kier molecular flexibility index (Phi) is 3.86. The van der Waals surface area contributed by atoms with E-state index in [-0.39, 0.29) is 23.2 Å². The molecule has 2 unspecified atom stereocenters. The quantitative estimate of drug-likeness (QED) is 0.839. The van der Waals surface area contributed by atoms with E-state index in [1.54, 1.807) is 0 Å². The SMILES string of the molecule is CCOC1CC(Nc2cc(F)cc(F)c2F)C12CCCC2. The van der Waals surface area contributed by atoms with Crippen LogP contribution in [0.25, 0.3) is 0 Å². The van der Waals surface area contributed by atoms with Gasteiger partial charge in [-0.25, -0.2) is 13.2 Å². The summed E-state index contributed by atoms with van der Waals surface area (Å²) in [6, 6.07) is 1.61. The Labute approximate surface area is 122 Å². The molecule has 2 fully saturated rings. The summed E-state index contributed by atoms with van der Waals surface area (Å²) in [7, 11) is 0. The fraction of sp³-hybridized carbons (Fsp3) is 0.625. The van der Waals surface area contributed by atoms with Crippen molar-refractivity contribution >= 4 is 5.69 Å². The normalized spacial score (nSPS) is 26.9. The first-order chi connectivity index (χ1) is 10.1. The molecule has 0 radical (unpaired) electrons. The molecule has 0 saturated heterocycles. The Morgan fingerprint density at radius 2 is 1.95 bits per heavy atom. The van der Waals surface area contributed by atoms with Crippen LogP contribution in [0.15, 0.2) is 12.1 Å². The van der Waals surface area contributed by atoms with Crippen LogP contribution in [0.1, 0.15) is 39.0 Å². The predicted octanol–water partition coefficient (Wildman–Crippen LogP) is 4.25. The van der Waals surface area contributed by atoms with Crippen LogP contribution in [-0.2, 0) is 4.74 Å². The molecule has 0 amide bonds. The van der Waals surface area contributed by atoms with Gasteiger partial charge in [0, 0.05) is 30.2 Å². The first-order valence-corrected chi connectivity index (χ1v) is 7.59. The number of nitrogens with one attached hydrogen (secondary N) is 1. The third-order valence-electron chi connectivity index (χ3n) is 5.01. The second-order valence-corrected chi connectivity index (χ2v) is 6.07. The fourth-order valence-electron chi connectivity index (χ4n) is 3.94. The third kappa shape index (κ3) is 2.41. The van der Waals surface area contributed by atoms with Gasteiger partial charge in [0.25, 0.3) is 0 Å². The van der Waals surface area contributed by atoms with Crippen molar-refractivity contribution in [2.45, 2.75) is 51.2 Å². The molecular formula is C16H20F3NO. The minimum absolute atomic E-state index is 0.00869. The van der Waals surface area contributed by atoms with Gasteiger partial charge in [0.05, 0.1) is 11.8 Å². The molecule has 1 aromatic carbocycles. The molecule has 0 aromatic heterocycles. The molecule has 2 aliphatic carbocycles. The van der Waals surface area contributed by atoms with E-state index >= 15 is 0 Å². The maximum atomic E-state index is 13.8. The molecule has 2 saturated carbocycles. The zero-order chi connectivity index (χ0) is 15.0. The van der Waals surface area contributed by atoms with E-state index in [2.05, 4.69) is 5.32 Å². The molecule has 1 spiro atoms. The van der Waals surface area contributed by atoms with Crippen molar-refractivity contribution in [2.75, 3.05) is 11.9 Å². The lowest BCUT2D eigenvalue weighted by Crippen LogP contribution is -2.60. The van der Waals surface area contributed by atoms with E-state index in [0.29, 0.717) is 12.7 Å². The van der Waals surface area contributed by atoms with E-state index < -0.39 is 17.5 Å². The van der Waals surface area contributed by atoms with Crippen LogP contribution in [0, 0.1) is 22.9 Å². The first-order valence-electron chi connectivity index (χ1n) is 7.59. The monoisotopic (exact) mass is 299 g/mol. The van der Waals surface area contributed by atoms with Crippen molar-refractivity contribution in [3.63, 3.8) is 0 Å². The van der Waals surface area contributed by atoms with E-state index in [1.807, 2.05) is 6.92 Å². The molecule has 0 bridgehead atoms. The summed E-state index contributed by atoms with van der Waals surface area (Å²) in [6.45, 7) is 2.62. The minimum atomic E-state index is -1.15. The summed E-state index contributed by atoms with van der Waals surface area (Å²) in [4.78, 5) is 0. The molecule has 3 rings (SSSR count). The van der Waals surface area contributed by atoms with Crippen LogP contribution in [0.2, 0.25) is 0 Å². The number of hydrogen-bond donors (Lipinski definition) is 1. The lowest BCUT2D eigenvalue weighted by atomic mass is 9.60. The van der Waals surface area contributed by atoms with Gasteiger partial charge in [-0.15, -0.1) is 0 Å². The first kappa shape index (κ1) is 14.7. The summed E-state index contributed by atoms with van der Waals surface area (Å²) in [5, 5.41) is 3.01. The molecular weight excluding hydrogens is 279 g/mol. The molecule has 1 N–H and O–H groups in total. The van der Waals surface area contributed by atoms with Gasteiger partial charge < -0.3 is 10.1 Å². The summed E-state index contributed by atoms with van der Waals surface area (Å²) in [6.07, 6.45) is 5.22. The van der Waals surface area contributed by atoms with Gasteiger partial charge in [-0.2, -0.15) is 0 Å². The van der Waals surface area contributed by atoms with Crippen LogP contribution in [-0.4, -0.2) is 18.8 Å². The van der Waals surface area contributed by atoms with Crippen LogP contribution in [0.4, 0.5) is 18.9 Å². The summed E-state index contributed by atoms with van der Waals surface area (Å²) >= 11 is 0. The maximum Gasteiger partial charge on any atom is 0.182 e. The van der Waals surface area contributed by atoms with Gasteiger partial charge in [-0.05, 0) is 26.2 Å². The Balaban J connectivity index is 1.79. The maximum absolute atomic E-state index is 13.8. The smallest absolute Gasteiger partial charge is 0.182 e. The molecule has 2 aliphatic rings. The predicted molar refractivity (Wildman–Crippen MR) is 74.7 cm³/mol. The van der Waals surface area contributed by atoms with Crippen molar-refractivity contribution in [1.82, 2.24) is 0 Å². The van der Waals surface area contributed by atoms with Gasteiger partial charge in [0.1, 0.15) is 5.82 Å². The van der Waals surface area contributed by atoms with Crippen LogP contribution in [0.3, 0.4) is 0 Å². The van der Waals surface area contributed by atoms with Gasteiger partial charge in [0.2, 0.25) is 0 Å². The van der Waals surface area contributed by atoms with Gasteiger partial charge in [-0.3, -0.25) is 0 Å². The molecule has 5 heteroatoms. The zero-order valence-electron chi connectivity index (χ0n) is 12.1. The second kappa shape index (κ2) is 5.52. The highest BCUT2D eigenvalue weighted by atomic mass is 19.2. The van der Waals surface area contributed by atoms with Gasteiger partial charge in [0.15, 0.2) is 11.6 Å². The minimum Gasteiger partial charge on any atom is -0.379 e. The van der Waals surface area contributed by atoms with E-state index in [4.69, 9.17) is 4.74 Å². The summed E-state index contributed by atoms with van der Waals surface area (Å²) < 4.78 is 46.1. The Morgan fingerprint density at radius 3 is 2.62 bits per heavy atom. The van der Waals surface area contributed by atoms with Crippen LogP contribution >= 0.6 is 0 Å². The van der Waals surface area contributed by atoms with Crippen LogP contribution in [0.5, 0.6) is 0 Å². The molecule has 0 aliphatic heterocycles. The molecule has 0 heterocycles. The number of benzene rings is 1. The zero-order valence-corrected chi connectivity index (χ0v) is 12.1. The largest absolute Gasteiger partial charge is 0.379 e. The van der Waals surface area contributed by atoms with E-state index in [1.165, 1.54) is 0 Å². The highest BCUT2D eigenvalue weighted by molar-refractivity contribution is 5.48. The van der Waals surface area contributed by atoms with E-state index in [0.717, 1.165) is 38.2 Å². The number of rotatable bonds is 4. The van der Waals surface area contributed by atoms with Crippen molar-refractivity contribution in [2.24, 2.45) is 5.41 Å². The average molecular weight is 299 g/mol. The Hall–Kier alpha value is -1.23.